The van der Waals surface area contributed by atoms with Crippen molar-refractivity contribution in [3.8, 4) is 11.5 Å². The Morgan fingerprint density at radius 2 is 2.17 bits per heavy atom. The molecule has 6 heteroatoms. The van der Waals surface area contributed by atoms with Crippen molar-refractivity contribution in [1.82, 2.24) is 20.5 Å². The van der Waals surface area contributed by atoms with Crippen LogP contribution in [0.15, 0.2) is 59.3 Å². The van der Waals surface area contributed by atoms with E-state index < -0.39 is 0 Å². The summed E-state index contributed by atoms with van der Waals surface area (Å²) in [5, 5.41) is 10.8. The smallest absolute Gasteiger partial charge is 0.272 e. The average Bonchev–Trinajstić information content (AvgIpc) is 3.32. The molecule has 0 bridgehead atoms. The van der Waals surface area contributed by atoms with Crippen molar-refractivity contribution in [3.05, 3.63) is 66.2 Å². The summed E-state index contributed by atoms with van der Waals surface area (Å²) in [7, 11) is 0. The number of nitrogens with one attached hydrogen (secondary N) is 3. The second-order valence-electron chi connectivity index (χ2n) is 5.23. The zero-order valence-corrected chi connectivity index (χ0v) is 12.2. The number of carbonyl (C=O) groups excluding carboxylic acids is 1. The van der Waals surface area contributed by atoms with E-state index in [1.165, 1.54) is 0 Å². The van der Waals surface area contributed by atoms with Crippen LogP contribution in [0.2, 0.25) is 0 Å². The summed E-state index contributed by atoms with van der Waals surface area (Å²) in [4.78, 5) is 15.3. The van der Waals surface area contributed by atoms with E-state index in [0.717, 1.165) is 16.5 Å². The molecule has 3 N–H and O–H groups in total. The summed E-state index contributed by atoms with van der Waals surface area (Å²) in [6, 6.07) is 13.3. The topological polar surface area (TPSA) is 86.7 Å². The molecular formula is C17H14N4O2. The monoisotopic (exact) mass is 306 g/mol. The Balaban J connectivity index is 1.45. The Bertz CT molecular complexity index is 950. The lowest BCUT2D eigenvalue weighted by molar-refractivity contribution is 0.0946. The summed E-state index contributed by atoms with van der Waals surface area (Å²) >= 11 is 0. The zero-order valence-electron chi connectivity index (χ0n) is 12.2. The largest absolute Gasteiger partial charge is 0.463 e. The van der Waals surface area contributed by atoms with Crippen LogP contribution in [-0.2, 0) is 6.54 Å². The summed E-state index contributed by atoms with van der Waals surface area (Å²) in [5.74, 6) is 0.419. The number of benzene rings is 1. The maximum atomic E-state index is 12.2. The molecule has 0 radical (unpaired) electrons. The van der Waals surface area contributed by atoms with Crippen LogP contribution in [0, 0.1) is 0 Å². The van der Waals surface area contributed by atoms with Crippen molar-refractivity contribution in [1.29, 1.82) is 0 Å². The first-order valence-electron chi connectivity index (χ1n) is 7.23. The summed E-state index contributed by atoms with van der Waals surface area (Å²) < 4.78 is 5.27. The minimum Gasteiger partial charge on any atom is -0.463 e. The van der Waals surface area contributed by atoms with Crippen molar-refractivity contribution >= 4 is 16.8 Å². The Morgan fingerprint density at radius 1 is 1.22 bits per heavy atom. The van der Waals surface area contributed by atoms with Crippen LogP contribution in [0.5, 0.6) is 0 Å². The van der Waals surface area contributed by atoms with E-state index >= 15 is 0 Å². The minimum absolute atomic E-state index is 0.228. The van der Waals surface area contributed by atoms with Crippen molar-refractivity contribution in [2.75, 3.05) is 0 Å². The quantitative estimate of drug-likeness (QED) is 0.541. The third-order valence-electron chi connectivity index (χ3n) is 3.67. The molecular weight excluding hydrogens is 292 g/mol. The van der Waals surface area contributed by atoms with Gasteiger partial charge in [0.25, 0.3) is 5.91 Å². The van der Waals surface area contributed by atoms with Gasteiger partial charge in [-0.05, 0) is 41.3 Å². The molecule has 0 saturated heterocycles. The maximum Gasteiger partial charge on any atom is 0.272 e. The molecule has 1 amide bonds. The predicted octanol–water partition coefficient (Wildman–Crippen LogP) is 3.08. The fourth-order valence-electron chi connectivity index (χ4n) is 2.48. The number of nitrogens with zero attached hydrogens (tertiary/aromatic N) is 1. The second-order valence-corrected chi connectivity index (χ2v) is 5.23. The Hall–Kier alpha value is -3.28. The lowest BCUT2D eigenvalue weighted by Crippen LogP contribution is -2.23. The van der Waals surface area contributed by atoms with E-state index in [4.69, 9.17) is 4.42 Å². The highest BCUT2D eigenvalue weighted by molar-refractivity contribution is 5.93. The van der Waals surface area contributed by atoms with E-state index in [1.54, 1.807) is 24.5 Å². The molecule has 0 saturated carbocycles. The second kappa shape index (κ2) is 5.49. The number of furan rings is 1. The number of hydrogen-bond donors (Lipinski definition) is 3. The Morgan fingerprint density at radius 3 is 3.04 bits per heavy atom. The number of aromatic nitrogens is 3. The molecule has 0 aliphatic rings. The van der Waals surface area contributed by atoms with Gasteiger partial charge in [0, 0.05) is 24.3 Å². The number of aromatic amines is 2. The van der Waals surface area contributed by atoms with Crippen LogP contribution in [0.3, 0.4) is 0 Å². The van der Waals surface area contributed by atoms with Gasteiger partial charge < -0.3 is 14.7 Å². The molecule has 0 atom stereocenters. The van der Waals surface area contributed by atoms with Crippen molar-refractivity contribution in [3.63, 3.8) is 0 Å². The van der Waals surface area contributed by atoms with Gasteiger partial charge in [0.15, 0.2) is 11.5 Å². The number of hydrogen-bond acceptors (Lipinski definition) is 3. The van der Waals surface area contributed by atoms with Gasteiger partial charge in [0.2, 0.25) is 0 Å². The Kier molecular flexibility index (Phi) is 3.20. The van der Waals surface area contributed by atoms with E-state index in [1.807, 2.05) is 30.5 Å². The number of fused-ring (bicyclic) bond motifs is 1. The predicted molar refractivity (Wildman–Crippen MR) is 85.8 cm³/mol. The fourth-order valence-corrected chi connectivity index (χ4v) is 2.48. The number of amides is 1. The molecule has 0 fully saturated rings. The molecule has 6 nitrogen and oxygen atoms in total. The molecule has 4 rings (SSSR count). The molecule has 1 aromatic carbocycles. The maximum absolute atomic E-state index is 12.2. The van der Waals surface area contributed by atoms with Gasteiger partial charge in [-0.15, -0.1) is 0 Å². The normalized spacial score (nSPS) is 11.0. The van der Waals surface area contributed by atoms with E-state index in [0.29, 0.717) is 23.7 Å². The standard InChI is InChI=1S/C17H14N4O2/c22-17(15-9-14(20-21-15)16-2-1-7-23-16)19-10-11-3-4-13-12(8-11)5-6-18-13/h1-9,18H,10H2,(H,19,22)(H,20,21). The Labute approximate surface area is 131 Å². The van der Waals surface area contributed by atoms with Gasteiger partial charge in [0.1, 0.15) is 5.69 Å². The van der Waals surface area contributed by atoms with Crippen LogP contribution in [0.4, 0.5) is 0 Å². The highest BCUT2D eigenvalue weighted by atomic mass is 16.3. The van der Waals surface area contributed by atoms with E-state index in [2.05, 4.69) is 20.5 Å². The number of carbonyl (C=O) groups is 1. The highest BCUT2D eigenvalue weighted by Crippen LogP contribution is 2.18. The number of H-pyrrole nitrogens is 2. The molecule has 0 aliphatic carbocycles. The first-order chi connectivity index (χ1) is 11.3. The van der Waals surface area contributed by atoms with E-state index in [9.17, 15) is 4.79 Å². The van der Waals surface area contributed by atoms with Crippen molar-refractivity contribution < 1.29 is 9.21 Å². The first-order valence-corrected chi connectivity index (χ1v) is 7.23. The third-order valence-corrected chi connectivity index (χ3v) is 3.67. The summed E-state index contributed by atoms with van der Waals surface area (Å²) in [5.41, 5.74) is 3.12. The van der Waals surface area contributed by atoms with Crippen molar-refractivity contribution in [2.45, 2.75) is 6.54 Å². The first kappa shape index (κ1) is 13.4. The SMILES string of the molecule is O=C(NCc1ccc2[nH]ccc2c1)c1cc(-c2ccco2)[nH]n1. The lowest BCUT2D eigenvalue weighted by atomic mass is 10.1. The van der Waals surface area contributed by atoms with E-state index in [-0.39, 0.29) is 5.91 Å². The number of rotatable bonds is 4. The van der Waals surface area contributed by atoms with Crippen LogP contribution in [-0.4, -0.2) is 21.1 Å². The van der Waals surface area contributed by atoms with Crippen LogP contribution in [0.25, 0.3) is 22.4 Å². The van der Waals surface area contributed by atoms with Crippen LogP contribution in [0.1, 0.15) is 16.1 Å². The zero-order chi connectivity index (χ0) is 15.6. The summed E-state index contributed by atoms with van der Waals surface area (Å²) in [6.45, 7) is 0.447. The molecule has 0 aliphatic heterocycles. The molecule has 23 heavy (non-hydrogen) atoms. The molecule has 0 spiro atoms. The van der Waals surface area contributed by atoms with Crippen LogP contribution >= 0.6 is 0 Å². The van der Waals surface area contributed by atoms with Crippen molar-refractivity contribution in [2.24, 2.45) is 0 Å². The fraction of sp³-hybridized carbons (Fsp3) is 0.0588. The third kappa shape index (κ3) is 2.62. The molecule has 3 heterocycles. The van der Waals surface area contributed by atoms with Gasteiger partial charge in [-0.2, -0.15) is 5.10 Å². The van der Waals surface area contributed by atoms with Crippen LogP contribution < -0.4 is 5.32 Å². The molecule has 0 unspecified atom stereocenters. The average molecular weight is 306 g/mol. The highest BCUT2D eigenvalue weighted by Gasteiger charge is 2.12. The molecule has 3 aromatic heterocycles. The van der Waals surface area contributed by atoms with Gasteiger partial charge >= 0.3 is 0 Å². The lowest BCUT2D eigenvalue weighted by Gasteiger charge is -2.03. The van der Waals surface area contributed by atoms with Gasteiger partial charge in [-0.1, -0.05) is 6.07 Å². The molecule has 4 aromatic rings. The van der Waals surface area contributed by atoms with Gasteiger partial charge in [-0.3, -0.25) is 9.89 Å². The summed E-state index contributed by atoms with van der Waals surface area (Å²) in [6.07, 6.45) is 3.47. The molecule has 114 valence electrons. The van der Waals surface area contributed by atoms with Gasteiger partial charge in [0.05, 0.1) is 6.26 Å². The minimum atomic E-state index is -0.228. The van der Waals surface area contributed by atoms with Gasteiger partial charge in [-0.25, -0.2) is 0 Å².